The number of aromatic nitrogens is 2. The van der Waals surface area contributed by atoms with Gasteiger partial charge in [-0.05, 0) is 98.3 Å². The lowest BCUT2D eigenvalue weighted by Crippen LogP contribution is -2.33. The number of benzene rings is 3. The SMILES string of the molecule is CC(C)(C)OC(=O)c1nc(N2CCc3cccc(C(=O)Nc4nc5ccccc5s4)c3C2)ccc1-c1ccc2c(c1)CCNC2. The molecule has 8 nitrogen and oxygen atoms in total. The van der Waals surface area contributed by atoms with Gasteiger partial charge in [0.15, 0.2) is 10.8 Å². The Bertz CT molecular complexity index is 1910. The lowest BCUT2D eigenvalue weighted by atomic mass is 9.93. The zero-order chi connectivity index (χ0) is 31.1. The van der Waals surface area contributed by atoms with Crippen molar-refractivity contribution < 1.29 is 14.3 Å². The average molecular weight is 618 g/mol. The molecule has 2 aliphatic rings. The quantitative estimate of drug-likeness (QED) is 0.210. The lowest BCUT2D eigenvalue weighted by Gasteiger charge is -2.31. The molecule has 0 aliphatic carbocycles. The van der Waals surface area contributed by atoms with Crippen molar-refractivity contribution in [2.24, 2.45) is 0 Å². The summed E-state index contributed by atoms with van der Waals surface area (Å²) >= 11 is 1.46. The molecule has 2 aromatic heterocycles. The fourth-order valence-electron chi connectivity index (χ4n) is 6.06. The van der Waals surface area contributed by atoms with Crippen molar-refractivity contribution >= 4 is 44.4 Å². The summed E-state index contributed by atoms with van der Waals surface area (Å²) in [7, 11) is 0. The maximum atomic E-state index is 13.6. The first-order valence-corrected chi connectivity index (χ1v) is 16.1. The van der Waals surface area contributed by atoms with E-state index >= 15 is 0 Å². The molecular weight excluding hydrogens is 582 g/mol. The fraction of sp³-hybridized carbons (Fsp3) is 0.278. The van der Waals surface area contributed by atoms with Gasteiger partial charge in [0.25, 0.3) is 5.91 Å². The summed E-state index contributed by atoms with van der Waals surface area (Å²) in [4.78, 5) is 38.8. The number of carbonyl (C=O) groups excluding carboxylic acids is 2. The number of rotatable bonds is 5. The van der Waals surface area contributed by atoms with Crippen LogP contribution in [0.3, 0.4) is 0 Å². The molecule has 4 heterocycles. The van der Waals surface area contributed by atoms with Crippen molar-refractivity contribution in [1.82, 2.24) is 15.3 Å². The van der Waals surface area contributed by atoms with Gasteiger partial charge >= 0.3 is 5.97 Å². The van der Waals surface area contributed by atoms with Crippen LogP contribution in [0, 0.1) is 0 Å². The molecular formula is C36H35N5O3S. The summed E-state index contributed by atoms with van der Waals surface area (Å²) < 4.78 is 6.86. The molecule has 0 radical (unpaired) electrons. The molecule has 45 heavy (non-hydrogen) atoms. The van der Waals surface area contributed by atoms with E-state index in [1.165, 1.54) is 22.5 Å². The summed E-state index contributed by atoms with van der Waals surface area (Å²) in [6.07, 6.45) is 1.69. The highest BCUT2D eigenvalue weighted by Crippen LogP contribution is 2.33. The molecule has 2 aliphatic heterocycles. The predicted molar refractivity (Wildman–Crippen MR) is 179 cm³/mol. The second kappa shape index (κ2) is 11.7. The summed E-state index contributed by atoms with van der Waals surface area (Å²) in [5.41, 5.74) is 7.47. The van der Waals surface area contributed by atoms with Crippen LogP contribution in [0.1, 0.15) is 63.9 Å². The van der Waals surface area contributed by atoms with Gasteiger partial charge in [-0.2, -0.15) is 0 Å². The molecule has 0 fully saturated rings. The highest BCUT2D eigenvalue weighted by atomic mass is 32.1. The molecule has 0 atom stereocenters. The first kappa shape index (κ1) is 29.1. The van der Waals surface area contributed by atoms with Gasteiger partial charge in [-0.15, -0.1) is 0 Å². The minimum absolute atomic E-state index is 0.187. The average Bonchev–Trinajstić information content (AvgIpc) is 3.45. The second-order valence-electron chi connectivity index (χ2n) is 12.5. The van der Waals surface area contributed by atoms with Crippen LogP contribution in [0.2, 0.25) is 0 Å². The Morgan fingerprint density at radius 3 is 2.64 bits per heavy atom. The second-order valence-corrected chi connectivity index (χ2v) is 13.6. The molecule has 228 valence electrons. The third kappa shape index (κ3) is 6.06. The van der Waals surface area contributed by atoms with E-state index < -0.39 is 11.6 Å². The highest BCUT2D eigenvalue weighted by Gasteiger charge is 2.27. The van der Waals surface area contributed by atoms with E-state index in [0.29, 0.717) is 35.3 Å². The number of esters is 1. The molecule has 3 aromatic carbocycles. The molecule has 0 saturated heterocycles. The van der Waals surface area contributed by atoms with Crippen molar-refractivity contribution in [3.05, 3.63) is 106 Å². The number of para-hydroxylation sites is 1. The molecule has 0 unspecified atom stereocenters. The molecule has 0 saturated carbocycles. The number of hydrogen-bond acceptors (Lipinski definition) is 8. The van der Waals surface area contributed by atoms with Crippen LogP contribution < -0.4 is 15.5 Å². The zero-order valence-corrected chi connectivity index (χ0v) is 26.5. The fourth-order valence-corrected chi connectivity index (χ4v) is 6.92. The van der Waals surface area contributed by atoms with Crippen LogP contribution in [0.5, 0.6) is 0 Å². The maximum absolute atomic E-state index is 13.6. The van der Waals surface area contributed by atoms with E-state index in [1.54, 1.807) is 0 Å². The van der Waals surface area contributed by atoms with Gasteiger partial charge in [0.2, 0.25) is 0 Å². The van der Waals surface area contributed by atoms with Crippen LogP contribution in [-0.2, 0) is 30.7 Å². The Hall–Kier alpha value is -4.60. The number of anilines is 2. The lowest BCUT2D eigenvalue weighted by molar-refractivity contribution is 0.00638. The minimum Gasteiger partial charge on any atom is -0.455 e. The van der Waals surface area contributed by atoms with Gasteiger partial charge in [0.05, 0.1) is 10.2 Å². The Balaban J connectivity index is 1.20. The van der Waals surface area contributed by atoms with Crippen molar-refractivity contribution in [2.45, 2.75) is 52.3 Å². The number of ether oxygens (including phenoxy) is 1. The summed E-state index contributed by atoms with van der Waals surface area (Å²) in [6, 6.07) is 24.0. The molecule has 0 bridgehead atoms. The van der Waals surface area contributed by atoms with E-state index in [0.717, 1.165) is 58.4 Å². The first-order valence-electron chi connectivity index (χ1n) is 15.3. The van der Waals surface area contributed by atoms with Crippen LogP contribution >= 0.6 is 11.3 Å². The van der Waals surface area contributed by atoms with Crippen LogP contribution in [-0.4, -0.2) is 40.5 Å². The van der Waals surface area contributed by atoms with Gasteiger partial charge in [-0.25, -0.2) is 14.8 Å². The number of hydrogen-bond donors (Lipinski definition) is 2. The van der Waals surface area contributed by atoms with E-state index in [1.807, 2.05) is 69.3 Å². The number of nitrogens with one attached hydrogen (secondary N) is 2. The first-order chi connectivity index (χ1) is 21.7. The van der Waals surface area contributed by atoms with Gasteiger partial charge < -0.3 is 15.0 Å². The van der Waals surface area contributed by atoms with Crippen molar-refractivity contribution in [3.8, 4) is 11.1 Å². The van der Waals surface area contributed by atoms with Crippen molar-refractivity contribution in [1.29, 1.82) is 0 Å². The summed E-state index contributed by atoms with van der Waals surface area (Å²) in [5, 5.41) is 7.00. The van der Waals surface area contributed by atoms with Crippen LogP contribution in [0.15, 0.2) is 72.8 Å². The number of fused-ring (bicyclic) bond motifs is 3. The van der Waals surface area contributed by atoms with Gasteiger partial charge in [-0.3, -0.25) is 10.1 Å². The third-order valence-electron chi connectivity index (χ3n) is 8.23. The van der Waals surface area contributed by atoms with E-state index in [2.05, 4.69) is 44.8 Å². The van der Waals surface area contributed by atoms with E-state index in [9.17, 15) is 9.59 Å². The van der Waals surface area contributed by atoms with Crippen LogP contribution in [0.25, 0.3) is 21.3 Å². The standard InChI is InChI=1S/C36H35N5O3S/c1-36(2,3)44-34(43)32-26(24-11-12-25-20-37-17-15-23(25)19-24)13-14-31(39-32)41-18-16-22-7-6-8-27(28(22)21-41)33(42)40-35-38-29-9-4-5-10-30(29)45-35/h4-14,19,37H,15-18,20-21H2,1-3H3,(H,38,40,42). The summed E-state index contributed by atoms with van der Waals surface area (Å²) in [6.45, 7) is 8.58. The number of thiazole rings is 1. The van der Waals surface area contributed by atoms with Gasteiger partial charge in [0.1, 0.15) is 11.4 Å². The van der Waals surface area contributed by atoms with Crippen LogP contribution in [0.4, 0.5) is 10.9 Å². The minimum atomic E-state index is -0.664. The Labute approximate surface area is 266 Å². The number of pyridine rings is 1. The van der Waals surface area contributed by atoms with E-state index in [4.69, 9.17) is 9.72 Å². The Morgan fingerprint density at radius 2 is 1.80 bits per heavy atom. The molecule has 7 rings (SSSR count). The van der Waals surface area contributed by atoms with Crippen molar-refractivity contribution in [3.63, 3.8) is 0 Å². The highest BCUT2D eigenvalue weighted by molar-refractivity contribution is 7.22. The van der Waals surface area contributed by atoms with Crippen molar-refractivity contribution in [2.75, 3.05) is 23.3 Å². The monoisotopic (exact) mass is 617 g/mol. The Morgan fingerprint density at radius 1 is 0.933 bits per heavy atom. The topological polar surface area (TPSA) is 96.5 Å². The molecule has 0 spiro atoms. The molecule has 2 N–H and O–H groups in total. The number of carbonyl (C=O) groups is 2. The largest absolute Gasteiger partial charge is 0.455 e. The smallest absolute Gasteiger partial charge is 0.358 e. The maximum Gasteiger partial charge on any atom is 0.358 e. The van der Waals surface area contributed by atoms with E-state index in [-0.39, 0.29) is 5.91 Å². The molecule has 5 aromatic rings. The normalized spacial score (nSPS) is 14.5. The Kier molecular flexibility index (Phi) is 7.59. The number of nitrogens with zero attached hydrogens (tertiary/aromatic N) is 3. The van der Waals surface area contributed by atoms with Gasteiger partial charge in [-0.1, -0.05) is 53.8 Å². The number of amides is 1. The molecule has 1 amide bonds. The third-order valence-corrected chi connectivity index (χ3v) is 9.18. The molecule has 9 heteroatoms. The van der Waals surface area contributed by atoms with Gasteiger partial charge in [0, 0.05) is 30.8 Å². The summed E-state index contributed by atoms with van der Waals surface area (Å²) in [5.74, 6) is 0.0361. The predicted octanol–water partition coefficient (Wildman–Crippen LogP) is 6.77. The zero-order valence-electron chi connectivity index (χ0n) is 25.6.